The number of hydroxylamine groups is 2. The van der Waals surface area contributed by atoms with E-state index in [2.05, 4.69) is 0 Å². The zero-order valence-corrected chi connectivity index (χ0v) is 49.2. The van der Waals surface area contributed by atoms with Crippen LogP contribution in [0.3, 0.4) is 0 Å². The van der Waals surface area contributed by atoms with Crippen molar-refractivity contribution in [2.24, 2.45) is 0 Å². The van der Waals surface area contributed by atoms with Crippen molar-refractivity contribution < 1.29 is 98.1 Å². The number of allylic oxidation sites excluding steroid dienone is 6. The van der Waals surface area contributed by atoms with Gasteiger partial charge >= 0.3 is 5.97 Å². The van der Waals surface area contributed by atoms with Crippen molar-refractivity contribution >= 4 is 113 Å². The third-order valence-electron chi connectivity index (χ3n) is 15.0. The first-order valence-electron chi connectivity index (χ1n) is 25.4. The van der Waals surface area contributed by atoms with E-state index >= 15 is 0 Å². The number of imide groups is 1. The van der Waals surface area contributed by atoms with E-state index in [1.54, 1.807) is 24.0 Å². The number of benzene rings is 5. The summed E-state index contributed by atoms with van der Waals surface area (Å²) in [5.74, 6) is -3.80. The van der Waals surface area contributed by atoms with Crippen molar-refractivity contribution in [1.29, 1.82) is 0 Å². The molecule has 0 aliphatic carbocycles. The highest BCUT2D eigenvalue weighted by Gasteiger charge is 2.49. The van der Waals surface area contributed by atoms with Crippen LogP contribution in [-0.2, 0) is 85.3 Å². The lowest BCUT2D eigenvalue weighted by Gasteiger charge is -2.31. The van der Waals surface area contributed by atoms with Gasteiger partial charge in [-0.2, -0.15) is 38.2 Å². The molecule has 444 valence electrons. The maximum atomic E-state index is 13.7. The summed E-state index contributed by atoms with van der Waals surface area (Å²) in [6, 6.07) is 14.9. The molecule has 4 N–H and O–H groups in total. The molecule has 29 heteroatoms. The highest BCUT2D eigenvalue weighted by atomic mass is 32.2. The summed E-state index contributed by atoms with van der Waals surface area (Å²) < 4.78 is 195. The summed E-state index contributed by atoms with van der Waals surface area (Å²) in [5.41, 5.74) is -1.01. The molecule has 1 saturated heterocycles. The van der Waals surface area contributed by atoms with Gasteiger partial charge in [-0.05, 0) is 121 Å². The maximum absolute atomic E-state index is 13.7. The Morgan fingerprint density at radius 3 is 1.94 bits per heavy atom. The van der Waals surface area contributed by atoms with Crippen LogP contribution in [0.5, 0.6) is 0 Å². The minimum Gasteiger partial charge on any atom is -0.744 e. The third-order valence-corrected chi connectivity index (χ3v) is 19.2. The van der Waals surface area contributed by atoms with Crippen LogP contribution < -0.4 is 4.90 Å². The lowest BCUT2D eigenvalue weighted by molar-refractivity contribution is -0.437. The molecule has 2 amide bonds. The summed E-state index contributed by atoms with van der Waals surface area (Å²) >= 11 is 0. The minimum atomic E-state index is -5.37. The van der Waals surface area contributed by atoms with Gasteiger partial charge in [-0.15, -0.1) is 5.06 Å². The van der Waals surface area contributed by atoms with E-state index in [0.717, 1.165) is 24.3 Å². The Hall–Kier alpha value is -6.61. The van der Waals surface area contributed by atoms with Gasteiger partial charge < -0.3 is 23.8 Å². The highest BCUT2D eigenvalue weighted by molar-refractivity contribution is 7.87. The fourth-order valence-corrected chi connectivity index (χ4v) is 14.2. The number of rotatable bonds is 22. The summed E-state index contributed by atoms with van der Waals surface area (Å²) in [6.45, 7) is 5.62. The van der Waals surface area contributed by atoms with Gasteiger partial charge in [0, 0.05) is 98.7 Å². The molecule has 8 rings (SSSR count). The molecule has 0 spiro atoms. The second kappa shape index (κ2) is 23.1. The molecule has 1 fully saturated rings. The zero-order valence-electron chi connectivity index (χ0n) is 45.1. The maximum Gasteiger partial charge on any atom is 0.363 e. The first kappa shape index (κ1) is 62.4. The highest BCUT2D eigenvalue weighted by Crippen LogP contribution is 2.54. The Balaban J connectivity index is 1.45. The zero-order chi connectivity index (χ0) is 61.0. The molecule has 83 heavy (non-hydrogen) atoms. The molecule has 2 atom stereocenters. The molecule has 3 heterocycles. The Bertz CT molecular complexity index is 4270. The molecule has 24 nitrogen and oxygen atoms in total. The first-order chi connectivity index (χ1) is 38.7. The SMILES string of the molecule is CCC[N+]1=C(/C=C/C(=C/C=C2/N(CCCS(=O)(=O)O)c3ccc4c(S(=O)(=O)O)cc(S(=O)(=O)O)cc4c3C2(C)CCOC)c2ccc(C(=O)ON3C(=O)CCC3=O)cc2S(=O)(=O)O)C(C)(CCOC)c2c1ccc1ccc(S(=O)(=O)[O-])cc21. The molecular weight excluding hydrogens is 1190 g/mol. The Labute approximate surface area is 479 Å². The monoisotopic (exact) mass is 1240 g/mol. The topological polar surface area (TPSA) is 363 Å². The summed E-state index contributed by atoms with van der Waals surface area (Å²) in [4.78, 5) is 41.9. The number of carbonyl (C=O) groups excluding carboxylic acids is 3. The van der Waals surface area contributed by atoms with Crippen LogP contribution in [-0.4, -0.2) is 144 Å². The van der Waals surface area contributed by atoms with Crippen molar-refractivity contribution in [3.8, 4) is 0 Å². The van der Waals surface area contributed by atoms with Crippen LogP contribution in [0.25, 0.3) is 27.1 Å². The first-order valence-corrected chi connectivity index (χ1v) is 32.8. The van der Waals surface area contributed by atoms with Crippen LogP contribution in [0, 0.1) is 0 Å². The largest absolute Gasteiger partial charge is 0.744 e. The number of carbonyl (C=O) groups is 3. The molecular formula is C54H57N3O21S5. The van der Waals surface area contributed by atoms with Gasteiger partial charge in [-0.3, -0.25) is 27.8 Å². The fraction of sp³-hybridized carbons (Fsp3) is 0.333. The van der Waals surface area contributed by atoms with E-state index < -0.39 is 110 Å². The van der Waals surface area contributed by atoms with E-state index in [1.165, 1.54) is 62.8 Å². The Morgan fingerprint density at radius 2 is 1.35 bits per heavy atom. The molecule has 3 aliphatic rings. The average Bonchev–Trinajstić information content (AvgIpc) is 1.72. The van der Waals surface area contributed by atoms with Crippen LogP contribution in [0.2, 0.25) is 0 Å². The second-order valence-corrected chi connectivity index (χ2v) is 27.5. The predicted octanol–water partition coefficient (Wildman–Crippen LogP) is 6.28. The van der Waals surface area contributed by atoms with Crippen LogP contribution in [0.4, 0.5) is 11.4 Å². The molecule has 0 aromatic heterocycles. The number of hydrogen-bond acceptors (Lipinski definition) is 18. The quantitative estimate of drug-likeness (QED) is 0.0256. The van der Waals surface area contributed by atoms with E-state index in [1.807, 2.05) is 24.5 Å². The third kappa shape index (κ3) is 12.5. The van der Waals surface area contributed by atoms with Gasteiger partial charge in [0.1, 0.15) is 26.5 Å². The Morgan fingerprint density at radius 1 is 0.723 bits per heavy atom. The molecule has 0 radical (unpaired) electrons. The van der Waals surface area contributed by atoms with Crippen molar-refractivity contribution in [3.63, 3.8) is 0 Å². The van der Waals surface area contributed by atoms with Crippen LogP contribution in [0.15, 0.2) is 122 Å². The van der Waals surface area contributed by atoms with Crippen molar-refractivity contribution in [3.05, 3.63) is 125 Å². The standard InChI is InChI=1S/C54H57N3O21S5/c1-6-24-55-42-16-10-34-8-13-36(80(64,65)66)30-40(34)50(42)53(2,22-26-76-4)46(55)18-11-33(38-14-9-35(29-44(38)82(70,71)72)52(60)78-57-48(58)20-21-49(57)59)12-19-47-54(3,23-27-77-5)51-41-31-37(81(67,68)69)32-45(83(73,74)75)39(41)15-17-43(51)56(47)25-7-28-79(61,62)63/h8-19,29-32H,6-7,20-28H2,1-5H3,(H4-,61,62,63,64,65,66,67,68,69,70,71,72,73,74,75). The van der Waals surface area contributed by atoms with E-state index in [4.69, 9.17) is 14.3 Å². The van der Waals surface area contributed by atoms with Crippen molar-refractivity contribution in [2.75, 3.05) is 51.2 Å². The van der Waals surface area contributed by atoms with Crippen molar-refractivity contribution in [1.82, 2.24) is 5.06 Å². The summed E-state index contributed by atoms with van der Waals surface area (Å²) in [5, 5.41) is 0.958. The molecule has 0 saturated carbocycles. The summed E-state index contributed by atoms with van der Waals surface area (Å²) in [6.07, 6.45) is 5.97. The second-order valence-electron chi connectivity index (χ2n) is 20.4. The number of anilines is 1. The summed E-state index contributed by atoms with van der Waals surface area (Å²) in [7, 11) is -22.5. The lowest BCUT2D eigenvalue weighted by atomic mass is 9.74. The predicted molar refractivity (Wildman–Crippen MR) is 300 cm³/mol. The molecule has 0 bridgehead atoms. The average molecular weight is 1240 g/mol. The molecule has 3 aliphatic heterocycles. The molecule has 5 aromatic carbocycles. The number of ether oxygens (including phenoxy) is 2. The van der Waals surface area contributed by atoms with Gasteiger partial charge in [-0.1, -0.05) is 31.2 Å². The lowest BCUT2D eigenvalue weighted by Crippen LogP contribution is -2.33. The minimum absolute atomic E-state index is 0.0228. The normalized spacial score (nSPS) is 19.5. The van der Waals surface area contributed by atoms with Gasteiger partial charge in [0.2, 0.25) is 5.69 Å². The van der Waals surface area contributed by atoms with Gasteiger partial charge in [0.25, 0.3) is 52.3 Å². The van der Waals surface area contributed by atoms with Crippen LogP contribution >= 0.6 is 0 Å². The Kier molecular flexibility index (Phi) is 17.4. The van der Waals surface area contributed by atoms with E-state index in [0.29, 0.717) is 46.8 Å². The number of methoxy groups -OCH3 is 2. The van der Waals surface area contributed by atoms with Gasteiger partial charge in [0.05, 0.1) is 26.5 Å². The van der Waals surface area contributed by atoms with Crippen LogP contribution in [0.1, 0.15) is 86.3 Å². The van der Waals surface area contributed by atoms with Gasteiger partial charge in [-0.25, -0.2) is 13.2 Å². The van der Waals surface area contributed by atoms with E-state index in [-0.39, 0.29) is 95.8 Å². The number of nitrogens with zero attached hydrogens (tertiary/aromatic N) is 3. The van der Waals surface area contributed by atoms with E-state index in [9.17, 15) is 79.2 Å². The number of amides is 2. The fourth-order valence-electron chi connectivity index (χ4n) is 11.1. The smallest absolute Gasteiger partial charge is 0.363 e. The molecule has 5 aromatic rings. The van der Waals surface area contributed by atoms with Gasteiger partial charge in [0.15, 0.2) is 5.71 Å². The number of fused-ring (bicyclic) bond motifs is 6. The van der Waals surface area contributed by atoms with Crippen molar-refractivity contribution in [2.45, 2.75) is 89.7 Å². The molecule has 2 unspecified atom stereocenters. The number of hydrogen-bond donors (Lipinski definition) is 4.